The minimum absolute atomic E-state index is 0.00980. The van der Waals surface area contributed by atoms with Gasteiger partial charge in [0.1, 0.15) is 0 Å². The zero-order valence-corrected chi connectivity index (χ0v) is 11.2. The Bertz CT molecular complexity index is 482. The number of rotatable bonds is 3. The van der Waals surface area contributed by atoms with Crippen molar-refractivity contribution in [1.29, 1.82) is 0 Å². The molecule has 1 saturated heterocycles. The molecule has 1 atom stereocenters. The molecule has 2 rings (SSSR count). The normalized spacial score (nSPS) is 18.8. The highest BCUT2D eigenvalue weighted by molar-refractivity contribution is 5.97. The predicted molar refractivity (Wildman–Crippen MR) is 72.0 cm³/mol. The van der Waals surface area contributed by atoms with Crippen molar-refractivity contribution in [2.45, 2.75) is 6.42 Å². The fraction of sp³-hybridized carbons (Fsp3) is 0.429. The Morgan fingerprint density at radius 3 is 2.47 bits per heavy atom. The molecule has 5 heteroatoms. The number of aliphatic hydroxyl groups excluding tert-OH is 1. The summed E-state index contributed by atoms with van der Waals surface area (Å²) in [6.07, 6.45) is 0.384. The summed E-state index contributed by atoms with van der Waals surface area (Å²) < 4.78 is 0. The minimum Gasteiger partial charge on any atom is -0.396 e. The second kappa shape index (κ2) is 5.40. The van der Waals surface area contributed by atoms with Gasteiger partial charge >= 0.3 is 0 Å². The molecule has 2 amide bonds. The lowest BCUT2D eigenvalue weighted by Gasteiger charge is -2.17. The van der Waals surface area contributed by atoms with Crippen LogP contribution in [0, 0.1) is 5.92 Å². The highest BCUT2D eigenvalue weighted by Crippen LogP contribution is 2.25. The van der Waals surface area contributed by atoms with Crippen molar-refractivity contribution >= 4 is 17.5 Å². The Labute approximate surface area is 112 Å². The van der Waals surface area contributed by atoms with Gasteiger partial charge in [0.05, 0.1) is 0 Å². The van der Waals surface area contributed by atoms with Crippen LogP contribution >= 0.6 is 0 Å². The molecule has 1 aliphatic rings. The number of amides is 2. The third kappa shape index (κ3) is 2.76. The largest absolute Gasteiger partial charge is 0.396 e. The first-order chi connectivity index (χ1) is 9.02. The van der Waals surface area contributed by atoms with Crippen LogP contribution in [-0.2, 0) is 4.79 Å². The van der Waals surface area contributed by atoms with Gasteiger partial charge in [-0.15, -0.1) is 0 Å². The molecule has 19 heavy (non-hydrogen) atoms. The number of nitrogens with zero attached hydrogens (tertiary/aromatic N) is 2. The molecule has 1 unspecified atom stereocenters. The van der Waals surface area contributed by atoms with Gasteiger partial charge in [-0.25, -0.2) is 0 Å². The maximum atomic E-state index is 11.8. The topological polar surface area (TPSA) is 60.9 Å². The summed E-state index contributed by atoms with van der Waals surface area (Å²) >= 11 is 0. The monoisotopic (exact) mass is 262 g/mol. The van der Waals surface area contributed by atoms with Crippen molar-refractivity contribution in [3.05, 3.63) is 29.8 Å². The van der Waals surface area contributed by atoms with Crippen molar-refractivity contribution in [3.8, 4) is 0 Å². The quantitative estimate of drug-likeness (QED) is 0.873. The summed E-state index contributed by atoms with van der Waals surface area (Å²) in [7, 11) is 3.40. The fourth-order valence-electron chi connectivity index (χ4n) is 2.20. The lowest BCUT2D eigenvalue weighted by Crippen LogP contribution is -2.25. The van der Waals surface area contributed by atoms with Gasteiger partial charge in [-0.05, 0) is 24.3 Å². The lowest BCUT2D eigenvalue weighted by molar-refractivity contribution is -0.117. The zero-order valence-electron chi connectivity index (χ0n) is 11.2. The number of carbonyl (C=O) groups excluding carboxylic acids is 2. The van der Waals surface area contributed by atoms with Crippen molar-refractivity contribution < 1.29 is 14.7 Å². The Hall–Kier alpha value is -1.88. The van der Waals surface area contributed by atoms with Crippen molar-refractivity contribution in [1.82, 2.24) is 4.90 Å². The SMILES string of the molecule is CN(C)C(=O)c1ccc(N2CC(CO)CC2=O)cc1. The first-order valence-corrected chi connectivity index (χ1v) is 6.26. The predicted octanol–water partition coefficient (Wildman–Crippen LogP) is 0.734. The Kier molecular flexibility index (Phi) is 3.85. The van der Waals surface area contributed by atoms with Crippen LogP contribution in [0.2, 0.25) is 0 Å². The van der Waals surface area contributed by atoms with Gasteiger partial charge in [-0.2, -0.15) is 0 Å². The van der Waals surface area contributed by atoms with Crippen LogP contribution in [0.5, 0.6) is 0 Å². The van der Waals surface area contributed by atoms with Gasteiger partial charge < -0.3 is 14.9 Å². The molecule has 1 N–H and O–H groups in total. The highest BCUT2D eigenvalue weighted by Gasteiger charge is 2.29. The molecule has 0 spiro atoms. The van der Waals surface area contributed by atoms with Crippen LogP contribution in [0.1, 0.15) is 16.8 Å². The average molecular weight is 262 g/mol. The van der Waals surface area contributed by atoms with Crippen molar-refractivity contribution in [2.24, 2.45) is 5.92 Å². The third-order valence-corrected chi connectivity index (χ3v) is 3.30. The summed E-state index contributed by atoms with van der Waals surface area (Å²) in [5.41, 5.74) is 1.37. The highest BCUT2D eigenvalue weighted by atomic mass is 16.3. The summed E-state index contributed by atoms with van der Waals surface area (Å²) in [6.45, 7) is 0.565. The van der Waals surface area contributed by atoms with Crippen LogP contribution in [0.4, 0.5) is 5.69 Å². The Balaban J connectivity index is 2.15. The molecule has 0 aliphatic carbocycles. The van der Waals surface area contributed by atoms with E-state index in [2.05, 4.69) is 0 Å². The Morgan fingerprint density at radius 1 is 1.37 bits per heavy atom. The maximum absolute atomic E-state index is 11.8. The van der Waals surface area contributed by atoms with Gasteiger partial charge in [0.15, 0.2) is 0 Å². The van der Waals surface area contributed by atoms with E-state index in [-0.39, 0.29) is 24.3 Å². The summed E-state index contributed by atoms with van der Waals surface area (Å²) in [6, 6.07) is 6.98. The van der Waals surface area contributed by atoms with Crippen LogP contribution in [0.25, 0.3) is 0 Å². The number of aliphatic hydroxyl groups is 1. The molecule has 1 heterocycles. The third-order valence-electron chi connectivity index (χ3n) is 3.30. The molecule has 102 valence electrons. The van der Waals surface area contributed by atoms with E-state index in [0.717, 1.165) is 5.69 Å². The first-order valence-electron chi connectivity index (χ1n) is 6.26. The number of hydrogen-bond acceptors (Lipinski definition) is 3. The van der Waals surface area contributed by atoms with Crippen LogP contribution < -0.4 is 4.90 Å². The molecule has 1 aromatic carbocycles. The number of hydrogen-bond donors (Lipinski definition) is 1. The lowest BCUT2D eigenvalue weighted by atomic mass is 10.1. The molecule has 5 nitrogen and oxygen atoms in total. The second-order valence-corrected chi connectivity index (χ2v) is 5.00. The second-order valence-electron chi connectivity index (χ2n) is 5.00. The van der Waals surface area contributed by atoms with E-state index >= 15 is 0 Å². The molecule has 0 aromatic heterocycles. The van der Waals surface area contributed by atoms with E-state index in [1.807, 2.05) is 0 Å². The molecule has 0 saturated carbocycles. The fourth-order valence-corrected chi connectivity index (χ4v) is 2.20. The van der Waals surface area contributed by atoms with Gasteiger partial charge in [-0.3, -0.25) is 9.59 Å². The molecule has 0 bridgehead atoms. The van der Waals surface area contributed by atoms with Gasteiger partial charge in [-0.1, -0.05) is 0 Å². The number of benzene rings is 1. The number of anilines is 1. The maximum Gasteiger partial charge on any atom is 0.253 e. The first kappa shape index (κ1) is 13.5. The van der Waals surface area contributed by atoms with E-state index in [1.54, 1.807) is 43.3 Å². The van der Waals surface area contributed by atoms with Crippen molar-refractivity contribution in [2.75, 3.05) is 32.1 Å². The molecule has 1 aromatic rings. The van der Waals surface area contributed by atoms with E-state index in [0.29, 0.717) is 18.5 Å². The van der Waals surface area contributed by atoms with Gasteiger partial charge in [0, 0.05) is 50.8 Å². The van der Waals surface area contributed by atoms with Gasteiger partial charge in [0.25, 0.3) is 5.91 Å². The summed E-state index contributed by atoms with van der Waals surface area (Å²) in [4.78, 5) is 26.7. The standard InChI is InChI=1S/C14H18N2O3/c1-15(2)14(19)11-3-5-12(6-4-11)16-8-10(9-17)7-13(16)18/h3-6,10,17H,7-9H2,1-2H3. The summed E-state index contributed by atoms with van der Waals surface area (Å²) in [5, 5.41) is 9.10. The zero-order chi connectivity index (χ0) is 14.0. The van der Waals surface area contributed by atoms with E-state index < -0.39 is 0 Å². The molecule has 1 fully saturated rings. The van der Waals surface area contributed by atoms with E-state index in [4.69, 9.17) is 5.11 Å². The smallest absolute Gasteiger partial charge is 0.253 e. The number of carbonyl (C=O) groups is 2. The summed E-state index contributed by atoms with van der Waals surface area (Å²) in [5.74, 6) is -0.0335. The van der Waals surface area contributed by atoms with Crippen LogP contribution in [0.3, 0.4) is 0 Å². The van der Waals surface area contributed by atoms with E-state index in [1.165, 1.54) is 4.90 Å². The molecular weight excluding hydrogens is 244 g/mol. The molecular formula is C14H18N2O3. The van der Waals surface area contributed by atoms with Crippen LogP contribution in [-0.4, -0.2) is 49.1 Å². The van der Waals surface area contributed by atoms with Crippen molar-refractivity contribution in [3.63, 3.8) is 0 Å². The average Bonchev–Trinajstić information content (AvgIpc) is 2.79. The Morgan fingerprint density at radius 2 is 2.00 bits per heavy atom. The minimum atomic E-state index is -0.0625. The van der Waals surface area contributed by atoms with Gasteiger partial charge in [0.2, 0.25) is 5.91 Å². The molecule has 0 radical (unpaired) electrons. The van der Waals surface area contributed by atoms with Crippen LogP contribution in [0.15, 0.2) is 24.3 Å². The molecule has 1 aliphatic heterocycles. The van der Waals surface area contributed by atoms with E-state index in [9.17, 15) is 9.59 Å².